The van der Waals surface area contributed by atoms with Crippen molar-refractivity contribution in [3.05, 3.63) is 18.0 Å². The molecule has 3 rings (SSSR count). The molecule has 0 saturated carbocycles. The van der Waals surface area contributed by atoms with E-state index in [1.54, 1.807) is 0 Å². The number of pyridine rings is 1. The van der Waals surface area contributed by atoms with Crippen molar-refractivity contribution in [1.82, 2.24) is 4.98 Å². The maximum absolute atomic E-state index is 5.99. The van der Waals surface area contributed by atoms with Crippen molar-refractivity contribution in [2.45, 2.75) is 45.3 Å². The summed E-state index contributed by atoms with van der Waals surface area (Å²) in [4.78, 5) is 4.41. The van der Waals surface area contributed by atoms with E-state index in [0.717, 1.165) is 29.9 Å². The van der Waals surface area contributed by atoms with Crippen LogP contribution in [-0.4, -0.2) is 29.9 Å². The summed E-state index contributed by atoms with van der Waals surface area (Å²) >= 11 is 0. The highest BCUT2D eigenvalue weighted by Crippen LogP contribution is 2.36. The molecule has 2 aliphatic rings. The first-order chi connectivity index (χ1) is 8.39. The van der Waals surface area contributed by atoms with E-state index in [1.165, 1.54) is 0 Å². The summed E-state index contributed by atoms with van der Waals surface area (Å²) in [6.45, 7) is 8.90. The highest BCUT2D eigenvalue weighted by atomic mass is 16.7. The van der Waals surface area contributed by atoms with Gasteiger partial charge in [-0.15, -0.1) is 0 Å². The molecule has 0 amide bonds. The van der Waals surface area contributed by atoms with Gasteiger partial charge in [-0.2, -0.15) is 0 Å². The summed E-state index contributed by atoms with van der Waals surface area (Å²) < 4.78 is 17.5. The Morgan fingerprint density at radius 2 is 1.83 bits per heavy atom. The van der Waals surface area contributed by atoms with E-state index in [9.17, 15) is 0 Å². The van der Waals surface area contributed by atoms with Crippen LogP contribution in [0.25, 0.3) is 0 Å². The Morgan fingerprint density at radius 1 is 1.17 bits per heavy atom. The van der Waals surface area contributed by atoms with Crippen molar-refractivity contribution < 1.29 is 14.0 Å². The Hall–Kier alpha value is -1.07. The van der Waals surface area contributed by atoms with Crippen molar-refractivity contribution >= 4 is 12.6 Å². The average Bonchev–Trinajstić information content (AvgIpc) is 2.80. The minimum atomic E-state index is -0.364. The second-order valence-corrected chi connectivity index (χ2v) is 5.90. The van der Waals surface area contributed by atoms with Gasteiger partial charge in [-0.1, -0.05) is 0 Å². The maximum atomic E-state index is 5.99. The van der Waals surface area contributed by atoms with Gasteiger partial charge in [0, 0.05) is 18.1 Å². The van der Waals surface area contributed by atoms with E-state index < -0.39 is 0 Å². The van der Waals surface area contributed by atoms with Gasteiger partial charge in [0.05, 0.1) is 23.5 Å². The predicted molar refractivity (Wildman–Crippen MR) is 69.2 cm³/mol. The average molecular weight is 247 g/mol. The third-order valence-electron chi connectivity index (χ3n) is 4.07. The van der Waals surface area contributed by atoms with Crippen LogP contribution < -0.4 is 10.2 Å². The zero-order chi connectivity index (χ0) is 13.0. The molecule has 5 heteroatoms. The van der Waals surface area contributed by atoms with E-state index in [2.05, 4.69) is 4.98 Å². The van der Waals surface area contributed by atoms with Gasteiger partial charge in [-0.05, 0) is 33.8 Å². The van der Waals surface area contributed by atoms with Crippen molar-refractivity contribution in [3.8, 4) is 5.75 Å². The van der Waals surface area contributed by atoms with E-state index in [-0.39, 0.29) is 18.3 Å². The molecule has 0 N–H and O–H groups in total. The molecule has 0 radical (unpaired) electrons. The van der Waals surface area contributed by atoms with Crippen molar-refractivity contribution in [3.63, 3.8) is 0 Å². The fraction of sp³-hybridized carbons (Fsp3) is 0.615. The van der Waals surface area contributed by atoms with Gasteiger partial charge >= 0.3 is 7.12 Å². The van der Waals surface area contributed by atoms with Crippen LogP contribution >= 0.6 is 0 Å². The third kappa shape index (κ3) is 1.73. The topological polar surface area (TPSA) is 40.6 Å². The van der Waals surface area contributed by atoms with E-state index in [0.29, 0.717) is 0 Å². The molecule has 0 aliphatic carbocycles. The molecule has 4 nitrogen and oxygen atoms in total. The Bertz CT molecular complexity index is 471. The minimum Gasteiger partial charge on any atom is -0.491 e. The molecule has 0 bridgehead atoms. The molecular weight excluding hydrogens is 229 g/mol. The van der Waals surface area contributed by atoms with Crippen LogP contribution in [0.2, 0.25) is 0 Å². The summed E-state index contributed by atoms with van der Waals surface area (Å²) in [6.07, 6.45) is 2.72. The highest BCUT2D eigenvalue weighted by Gasteiger charge is 2.52. The number of rotatable bonds is 1. The molecular formula is C13H18BNO3. The molecule has 1 fully saturated rings. The quantitative estimate of drug-likeness (QED) is 0.701. The third-order valence-corrected chi connectivity index (χ3v) is 4.07. The lowest BCUT2D eigenvalue weighted by atomic mass is 9.80. The fourth-order valence-electron chi connectivity index (χ4n) is 2.17. The first-order valence-electron chi connectivity index (χ1n) is 6.36. The number of hydrogen-bond donors (Lipinski definition) is 0. The Morgan fingerprint density at radius 3 is 2.50 bits per heavy atom. The molecule has 1 aromatic heterocycles. The van der Waals surface area contributed by atoms with Crippen LogP contribution in [0.3, 0.4) is 0 Å². The SMILES string of the molecule is CC1(C)OB(c2cnc3c(c2)OCC3)OC1(C)C. The van der Waals surface area contributed by atoms with Crippen molar-refractivity contribution in [1.29, 1.82) is 0 Å². The van der Waals surface area contributed by atoms with E-state index in [4.69, 9.17) is 14.0 Å². The van der Waals surface area contributed by atoms with Gasteiger partial charge in [-0.3, -0.25) is 4.98 Å². The first-order valence-corrected chi connectivity index (χ1v) is 6.36. The zero-order valence-corrected chi connectivity index (χ0v) is 11.3. The molecule has 18 heavy (non-hydrogen) atoms. The number of nitrogens with zero attached hydrogens (tertiary/aromatic N) is 1. The second kappa shape index (κ2) is 3.71. The van der Waals surface area contributed by atoms with Gasteiger partial charge in [0.2, 0.25) is 0 Å². The van der Waals surface area contributed by atoms with E-state index in [1.807, 2.05) is 40.0 Å². The van der Waals surface area contributed by atoms with Crippen LogP contribution in [0.5, 0.6) is 5.75 Å². The van der Waals surface area contributed by atoms with Crippen LogP contribution in [0.15, 0.2) is 12.3 Å². The van der Waals surface area contributed by atoms with Crippen LogP contribution in [0, 0.1) is 0 Å². The van der Waals surface area contributed by atoms with Crippen LogP contribution in [0.4, 0.5) is 0 Å². The largest absolute Gasteiger partial charge is 0.496 e. The summed E-state index contributed by atoms with van der Waals surface area (Å²) in [5.41, 5.74) is 1.30. The Kier molecular flexibility index (Phi) is 2.47. The summed E-state index contributed by atoms with van der Waals surface area (Å²) in [5.74, 6) is 0.863. The summed E-state index contributed by atoms with van der Waals surface area (Å²) in [5, 5.41) is 0. The molecule has 0 spiro atoms. The zero-order valence-electron chi connectivity index (χ0n) is 11.3. The maximum Gasteiger partial charge on any atom is 0.496 e. The number of fused-ring (bicyclic) bond motifs is 1. The number of hydrogen-bond acceptors (Lipinski definition) is 4. The van der Waals surface area contributed by atoms with Crippen LogP contribution in [-0.2, 0) is 15.7 Å². The Balaban J connectivity index is 1.89. The van der Waals surface area contributed by atoms with Gasteiger partial charge < -0.3 is 14.0 Å². The molecule has 96 valence electrons. The molecule has 1 aromatic rings. The summed E-state index contributed by atoms with van der Waals surface area (Å²) in [7, 11) is -0.364. The smallest absolute Gasteiger partial charge is 0.491 e. The highest BCUT2D eigenvalue weighted by molar-refractivity contribution is 6.62. The molecule has 1 saturated heterocycles. The lowest BCUT2D eigenvalue weighted by Gasteiger charge is -2.32. The number of ether oxygens (including phenoxy) is 1. The predicted octanol–water partition coefficient (Wildman–Crippen LogP) is 1.32. The summed E-state index contributed by atoms with van der Waals surface area (Å²) in [6, 6.07) is 1.98. The van der Waals surface area contributed by atoms with E-state index >= 15 is 0 Å². The minimum absolute atomic E-state index is 0.322. The van der Waals surface area contributed by atoms with Gasteiger partial charge in [0.15, 0.2) is 0 Å². The van der Waals surface area contributed by atoms with Gasteiger partial charge in [0.25, 0.3) is 0 Å². The fourth-order valence-corrected chi connectivity index (χ4v) is 2.17. The molecule has 0 unspecified atom stereocenters. The monoisotopic (exact) mass is 247 g/mol. The van der Waals surface area contributed by atoms with Gasteiger partial charge in [0.1, 0.15) is 5.75 Å². The molecule has 0 atom stereocenters. The van der Waals surface area contributed by atoms with Crippen LogP contribution in [0.1, 0.15) is 33.4 Å². The lowest BCUT2D eigenvalue weighted by molar-refractivity contribution is 0.00578. The van der Waals surface area contributed by atoms with Crippen molar-refractivity contribution in [2.75, 3.05) is 6.61 Å². The Labute approximate surface area is 108 Å². The molecule has 2 aliphatic heterocycles. The first kappa shape index (κ1) is 12.0. The van der Waals surface area contributed by atoms with Gasteiger partial charge in [-0.25, -0.2) is 0 Å². The lowest BCUT2D eigenvalue weighted by Crippen LogP contribution is -2.41. The molecule has 0 aromatic carbocycles. The molecule has 3 heterocycles. The van der Waals surface area contributed by atoms with Crippen molar-refractivity contribution in [2.24, 2.45) is 0 Å². The normalized spacial score (nSPS) is 23.9. The number of aromatic nitrogens is 1. The second-order valence-electron chi connectivity index (χ2n) is 5.90. The standard InChI is InChI=1S/C13H18BNO3/c1-12(2)13(3,4)18-14(17-12)9-7-11-10(15-8-9)5-6-16-11/h7-8H,5-6H2,1-4H3.